The fraction of sp³-hybridized carbons (Fsp3) is 0.571. The predicted octanol–water partition coefficient (Wildman–Crippen LogP) is 1.62. The average molecular weight is 334 g/mol. The van der Waals surface area contributed by atoms with E-state index in [0.29, 0.717) is 0 Å². The van der Waals surface area contributed by atoms with Gasteiger partial charge in [-0.2, -0.15) is 13.2 Å². The van der Waals surface area contributed by atoms with Crippen LogP contribution in [0.2, 0.25) is 0 Å². The van der Waals surface area contributed by atoms with Crippen LogP contribution in [0.3, 0.4) is 0 Å². The SMILES string of the molecule is N=C(C1=C(NC/C(=C/F)CN)CCN(C2CC2)C1=O)C(F)(F)F. The smallest absolute Gasteiger partial charge is 0.384 e. The summed E-state index contributed by atoms with van der Waals surface area (Å²) in [5, 5.41) is 9.98. The minimum Gasteiger partial charge on any atom is -0.384 e. The minimum absolute atomic E-state index is 0.0158. The molecule has 0 radical (unpaired) electrons. The molecule has 1 heterocycles. The third-order valence-electron chi connectivity index (χ3n) is 3.85. The quantitative estimate of drug-likeness (QED) is 0.510. The van der Waals surface area contributed by atoms with Gasteiger partial charge in [0.15, 0.2) is 5.71 Å². The van der Waals surface area contributed by atoms with Crippen molar-refractivity contribution in [2.24, 2.45) is 5.73 Å². The lowest BCUT2D eigenvalue weighted by Gasteiger charge is -2.31. The molecule has 0 aromatic heterocycles. The molecule has 4 N–H and O–H groups in total. The Kier molecular flexibility index (Phi) is 5.08. The van der Waals surface area contributed by atoms with Gasteiger partial charge in [-0.05, 0) is 18.4 Å². The highest BCUT2D eigenvalue weighted by Gasteiger charge is 2.45. The van der Waals surface area contributed by atoms with Crippen molar-refractivity contribution in [1.29, 1.82) is 5.41 Å². The standard InChI is InChI=1S/C14H18F4N4O/c15-5-8(6-19)7-21-10-3-4-22(9-1-2-9)13(23)11(10)12(20)14(16,17)18/h5,9,20-21H,1-4,6-7,19H2/b8-5+,20-12?. The highest BCUT2D eigenvalue weighted by molar-refractivity contribution is 6.23. The first-order chi connectivity index (χ1) is 10.8. The molecule has 1 fully saturated rings. The first kappa shape index (κ1) is 17.5. The number of halogens is 4. The predicted molar refractivity (Wildman–Crippen MR) is 76.4 cm³/mol. The van der Waals surface area contributed by atoms with Gasteiger partial charge < -0.3 is 16.0 Å². The van der Waals surface area contributed by atoms with Crippen molar-refractivity contribution in [3.05, 3.63) is 23.2 Å². The lowest BCUT2D eigenvalue weighted by Crippen LogP contribution is -2.45. The number of nitrogens with one attached hydrogen (secondary N) is 2. The fourth-order valence-corrected chi connectivity index (χ4v) is 2.42. The van der Waals surface area contributed by atoms with E-state index in [1.807, 2.05) is 0 Å². The van der Waals surface area contributed by atoms with E-state index in [2.05, 4.69) is 5.32 Å². The lowest BCUT2D eigenvalue weighted by atomic mass is 9.99. The number of nitrogens with zero attached hydrogens (tertiary/aromatic N) is 1. The van der Waals surface area contributed by atoms with Crippen molar-refractivity contribution in [1.82, 2.24) is 10.2 Å². The van der Waals surface area contributed by atoms with Crippen LogP contribution >= 0.6 is 0 Å². The van der Waals surface area contributed by atoms with Crippen LogP contribution in [-0.2, 0) is 4.79 Å². The number of hydrogen-bond acceptors (Lipinski definition) is 4. The minimum atomic E-state index is -4.92. The second-order valence-electron chi connectivity index (χ2n) is 5.53. The molecule has 0 unspecified atom stereocenters. The van der Waals surface area contributed by atoms with Gasteiger partial charge in [0, 0.05) is 37.8 Å². The Labute approximate surface area is 130 Å². The molecule has 0 aromatic rings. The number of carbonyl (C=O) groups excluding carboxylic acids is 1. The summed E-state index contributed by atoms with van der Waals surface area (Å²) >= 11 is 0. The summed E-state index contributed by atoms with van der Waals surface area (Å²) in [6.07, 6.45) is -2.94. The topological polar surface area (TPSA) is 82.2 Å². The first-order valence-corrected chi connectivity index (χ1v) is 7.21. The summed E-state index contributed by atoms with van der Waals surface area (Å²) in [4.78, 5) is 13.7. The molecule has 9 heteroatoms. The first-order valence-electron chi connectivity index (χ1n) is 7.21. The van der Waals surface area contributed by atoms with Gasteiger partial charge in [-0.3, -0.25) is 10.2 Å². The van der Waals surface area contributed by atoms with Gasteiger partial charge in [-0.15, -0.1) is 0 Å². The molecule has 1 aliphatic heterocycles. The Hall–Kier alpha value is -1.90. The molecular formula is C14H18F4N4O. The Balaban J connectivity index is 2.28. The van der Waals surface area contributed by atoms with Gasteiger partial charge in [0.2, 0.25) is 0 Å². The van der Waals surface area contributed by atoms with Crippen LogP contribution in [0.4, 0.5) is 17.6 Å². The third-order valence-corrected chi connectivity index (χ3v) is 3.85. The normalized spacial score (nSPS) is 20.1. The molecule has 0 saturated heterocycles. The zero-order chi connectivity index (χ0) is 17.2. The highest BCUT2D eigenvalue weighted by atomic mass is 19.4. The van der Waals surface area contributed by atoms with Crippen LogP contribution in [0.5, 0.6) is 0 Å². The zero-order valence-corrected chi connectivity index (χ0v) is 12.3. The Morgan fingerprint density at radius 2 is 2.09 bits per heavy atom. The van der Waals surface area contributed by atoms with E-state index in [-0.39, 0.29) is 49.7 Å². The maximum absolute atomic E-state index is 12.9. The molecule has 1 aliphatic carbocycles. The van der Waals surface area contributed by atoms with Crippen molar-refractivity contribution in [3.63, 3.8) is 0 Å². The molecule has 2 aliphatic rings. The van der Waals surface area contributed by atoms with Crippen LogP contribution in [0.1, 0.15) is 19.3 Å². The summed E-state index contributed by atoms with van der Waals surface area (Å²) in [5.41, 5.74) is 3.13. The van der Waals surface area contributed by atoms with Gasteiger partial charge in [0.05, 0.1) is 11.9 Å². The lowest BCUT2D eigenvalue weighted by molar-refractivity contribution is -0.128. The van der Waals surface area contributed by atoms with E-state index in [1.54, 1.807) is 0 Å². The molecule has 0 aromatic carbocycles. The maximum atomic E-state index is 12.9. The van der Waals surface area contributed by atoms with Crippen molar-refractivity contribution in [3.8, 4) is 0 Å². The van der Waals surface area contributed by atoms with E-state index in [9.17, 15) is 22.4 Å². The second kappa shape index (κ2) is 6.69. The monoisotopic (exact) mass is 334 g/mol. The van der Waals surface area contributed by atoms with Gasteiger partial charge in [-0.1, -0.05) is 0 Å². The summed E-state index contributed by atoms with van der Waals surface area (Å²) in [7, 11) is 0. The van der Waals surface area contributed by atoms with Gasteiger partial charge >= 0.3 is 6.18 Å². The molecule has 5 nitrogen and oxygen atoms in total. The molecule has 128 valence electrons. The Morgan fingerprint density at radius 1 is 1.43 bits per heavy atom. The summed E-state index contributed by atoms with van der Waals surface area (Å²) < 4.78 is 51.2. The largest absolute Gasteiger partial charge is 0.433 e. The average Bonchev–Trinajstić information content (AvgIpc) is 3.31. The van der Waals surface area contributed by atoms with E-state index >= 15 is 0 Å². The van der Waals surface area contributed by atoms with E-state index in [0.717, 1.165) is 12.8 Å². The van der Waals surface area contributed by atoms with E-state index in [4.69, 9.17) is 11.1 Å². The maximum Gasteiger partial charge on any atom is 0.433 e. The second-order valence-corrected chi connectivity index (χ2v) is 5.53. The highest BCUT2D eigenvalue weighted by Crippen LogP contribution is 2.34. The molecule has 23 heavy (non-hydrogen) atoms. The summed E-state index contributed by atoms with van der Waals surface area (Å²) in [6, 6.07) is -0.0366. The molecular weight excluding hydrogens is 316 g/mol. The van der Waals surface area contributed by atoms with Crippen LogP contribution in [0.25, 0.3) is 0 Å². The van der Waals surface area contributed by atoms with Gasteiger partial charge in [-0.25, -0.2) is 4.39 Å². The fourth-order valence-electron chi connectivity index (χ4n) is 2.42. The van der Waals surface area contributed by atoms with Crippen LogP contribution in [0.15, 0.2) is 23.2 Å². The van der Waals surface area contributed by atoms with Crippen molar-refractivity contribution >= 4 is 11.6 Å². The molecule has 0 bridgehead atoms. The molecule has 0 spiro atoms. The number of nitrogens with two attached hydrogens (primary N) is 1. The molecule has 1 amide bonds. The molecule has 2 rings (SSSR count). The zero-order valence-electron chi connectivity index (χ0n) is 12.3. The van der Waals surface area contributed by atoms with Gasteiger partial charge in [0.25, 0.3) is 5.91 Å². The Morgan fingerprint density at radius 3 is 2.57 bits per heavy atom. The van der Waals surface area contributed by atoms with Crippen LogP contribution in [0, 0.1) is 5.41 Å². The van der Waals surface area contributed by atoms with Crippen LogP contribution < -0.4 is 11.1 Å². The summed E-state index contributed by atoms with van der Waals surface area (Å²) in [6.45, 7) is 0.0937. The van der Waals surface area contributed by atoms with Crippen LogP contribution in [-0.4, -0.2) is 48.4 Å². The Bertz CT molecular complexity index is 564. The molecule has 1 saturated carbocycles. The van der Waals surface area contributed by atoms with Crippen molar-refractivity contribution in [2.45, 2.75) is 31.5 Å². The number of hydrogen-bond donors (Lipinski definition) is 3. The molecule has 0 atom stereocenters. The van der Waals surface area contributed by atoms with E-state index in [1.165, 1.54) is 4.90 Å². The van der Waals surface area contributed by atoms with Crippen molar-refractivity contribution in [2.75, 3.05) is 19.6 Å². The third kappa shape index (κ3) is 3.90. The number of carbonyl (C=O) groups is 1. The van der Waals surface area contributed by atoms with E-state index < -0.39 is 23.4 Å². The summed E-state index contributed by atoms with van der Waals surface area (Å²) in [5.74, 6) is -0.790. The van der Waals surface area contributed by atoms with Crippen molar-refractivity contribution < 1.29 is 22.4 Å². The number of rotatable bonds is 6. The number of alkyl halides is 3. The van der Waals surface area contributed by atoms with Gasteiger partial charge in [0.1, 0.15) is 0 Å². The number of amides is 1.